The van der Waals surface area contributed by atoms with Crippen molar-refractivity contribution in [3.8, 4) is 11.3 Å². The van der Waals surface area contributed by atoms with Crippen LogP contribution in [-0.4, -0.2) is 44.1 Å². The molecule has 1 saturated heterocycles. The van der Waals surface area contributed by atoms with Gasteiger partial charge in [0.1, 0.15) is 11.4 Å². The number of benzene rings is 1. The fraction of sp³-hybridized carbons (Fsp3) is 0.278. The van der Waals surface area contributed by atoms with Crippen molar-refractivity contribution >= 4 is 5.91 Å². The minimum absolute atomic E-state index is 0.00979. The summed E-state index contributed by atoms with van der Waals surface area (Å²) in [6.45, 7) is 1.48. The number of imidazole rings is 1. The lowest BCUT2D eigenvalue weighted by Crippen LogP contribution is -2.39. The number of nitrogens with zero attached hydrogens (tertiary/aromatic N) is 3. The standard InChI is InChI=1S/C18H19N5O/c24-18(17-16(19-12-20-17)13-5-2-1-3-6-13)23-10-4-7-14(11-23)15-8-9-21-22-15/h1-3,5-6,8-9,12,14H,4,7,10-11H2,(H,19,20)(H,21,22)/t14-/m1/s1. The average molecular weight is 321 g/mol. The number of hydrogen-bond acceptors (Lipinski definition) is 3. The smallest absolute Gasteiger partial charge is 0.272 e. The van der Waals surface area contributed by atoms with Gasteiger partial charge in [0.2, 0.25) is 0 Å². The number of nitrogens with one attached hydrogen (secondary N) is 2. The zero-order chi connectivity index (χ0) is 16.4. The van der Waals surface area contributed by atoms with Crippen LogP contribution >= 0.6 is 0 Å². The van der Waals surface area contributed by atoms with E-state index in [-0.39, 0.29) is 5.91 Å². The SMILES string of the molecule is O=C(c1[nH]cnc1-c1ccccc1)N1CCC[C@@H](c2ccn[nH]2)C1. The molecule has 1 amide bonds. The first-order valence-electron chi connectivity index (χ1n) is 8.20. The molecule has 6 heteroatoms. The molecule has 3 heterocycles. The van der Waals surface area contributed by atoms with Gasteiger partial charge in [-0.3, -0.25) is 9.89 Å². The lowest BCUT2D eigenvalue weighted by atomic mass is 9.94. The summed E-state index contributed by atoms with van der Waals surface area (Å²) >= 11 is 0. The Morgan fingerprint density at radius 2 is 2.08 bits per heavy atom. The number of H-pyrrole nitrogens is 2. The van der Waals surface area contributed by atoms with Gasteiger partial charge in [0.15, 0.2) is 0 Å². The Bertz CT molecular complexity index is 809. The van der Waals surface area contributed by atoms with Gasteiger partial charge in [-0.15, -0.1) is 0 Å². The van der Waals surface area contributed by atoms with Crippen LogP contribution in [0.1, 0.15) is 34.9 Å². The molecule has 122 valence electrons. The van der Waals surface area contributed by atoms with E-state index in [1.165, 1.54) is 0 Å². The zero-order valence-corrected chi connectivity index (χ0v) is 13.3. The van der Waals surface area contributed by atoms with E-state index < -0.39 is 0 Å². The van der Waals surface area contributed by atoms with Gasteiger partial charge in [-0.2, -0.15) is 5.10 Å². The highest BCUT2D eigenvalue weighted by atomic mass is 16.2. The topological polar surface area (TPSA) is 77.7 Å². The molecule has 6 nitrogen and oxygen atoms in total. The number of aromatic amines is 2. The molecule has 3 aromatic rings. The fourth-order valence-corrected chi connectivity index (χ4v) is 3.34. The maximum absolute atomic E-state index is 13.0. The molecular weight excluding hydrogens is 302 g/mol. The summed E-state index contributed by atoms with van der Waals surface area (Å²) in [4.78, 5) is 22.3. The first kappa shape index (κ1) is 14.7. The first-order chi connectivity index (χ1) is 11.8. The number of carbonyl (C=O) groups excluding carboxylic acids is 1. The third-order valence-electron chi connectivity index (χ3n) is 4.57. The van der Waals surface area contributed by atoms with E-state index in [1.54, 1.807) is 12.5 Å². The van der Waals surface area contributed by atoms with E-state index in [9.17, 15) is 4.79 Å². The molecule has 1 atom stereocenters. The van der Waals surface area contributed by atoms with Crippen LogP contribution in [0.15, 0.2) is 48.9 Å². The van der Waals surface area contributed by atoms with Crippen LogP contribution in [0.25, 0.3) is 11.3 Å². The number of hydrogen-bond donors (Lipinski definition) is 2. The number of amides is 1. The summed E-state index contributed by atoms with van der Waals surface area (Å²) in [5, 5.41) is 7.06. The Morgan fingerprint density at radius 3 is 2.88 bits per heavy atom. The fourth-order valence-electron chi connectivity index (χ4n) is 3.34. The van der Waals surface area contributed by atoms with Gasteiger partial charge in [-0.05, 0) is 18.9 Å². The van der Waals surface area contributed by atoms with E-state index in [2.05, 4.69) is 20.2 Å². The van der Waals surface area contributed by atoms with Crippen molar-refractivity contribution in [2.45, 2.75) is 18.8 Å². The van der Waals surface area contributed by atoms with Crippen molar-refractivity contribution < 1.29 is 4.79 Å². The molecule has 24 heavy (non-hydrogen) atoms. The summed E-state index contributed by atoms with van der Waals surface area (Å²) in [7, 11) is 0. The Hall–Kier alpha value is -2.89. The Labute approximate surface area is 139 Å². The predicted molar refractivity (Wildman–Crippen MR) is 90.5 cm³/mol. The average Bonchev–Trinajstić information content (AvgIpc) is 3.34. The minimum atomic E-state index is 0.00979. The third kappa shape index (κ3) is 2.71. The number of piperidine rings is 1. The maximum atomic E-state index is 13.0. The monoisotopic (exact) mass is 321 g/mol. The van der Waals surface area contributed by atoms with Crippen molar-refractivity contribution in [1.29, 1.82) is 0 Å². The van der Waals surface area contributed by atoms with Crippen LogP contribution < -0.4 is 0 Å². The van der Waals surface area contributed by atoms with Crippen LogP contribution in [0.4, 0.5) is 0 Å². The molecule has 0 unspecified atom stereocenters. The zero-order valence-electron chi connectivity index (χ0n) is 13.3. The van der Waals surface area contributed by atoms with Gasteiger partial charge in [-0.25, -0.2) is 4.98 Å². The van der Waals surface area contributed by atoms with E-state index in [1.807, 2.05) is 41.3 Å². The summed E-state index contributed by atoms with van der Waals surface area (Å²) in [6.07, 6.45) is 5.41. The van der Waals surface area contributed by atoms with Crippen LogP contribution in [0, 0.1) is 0 Å². The molecular formula is C18H19N5O. The van der Waals surface area contributed by atoms with Gasteiger partial charge in [-0.1, -0.05) is 30.3 Å². The highest BCUT2D eigenvalue weighted by Gasteiger charge is 2.28. The second kappa shape index (κ2) is 6.31. The lowest BCUT2D eigenvalue weighted by molar-refractivity contribution is 0.0701. The number of carbonyl (C=O) groups is 1. The summed E-state index contributed by atoms with van der Waals surface area (Å²) in [5.74, 6) is 0.323. The molecule has 2 N–H and O–H groups in total. The van der Waals surface area contributed by atoms with Crippen LogP contribution in [0.2, 0.25) is 0 Å². The predicted octanol–water partition coefficient (Wildman–Crippen LogP) is 2.82. The maximum Gasteiger partial charge on any atom is 0.272 e. The lowest BCUT2D eigenvalue weighted by Gasteiger charge is -2.32. The minimum Gasteiger partial charge on any atom is -0.340 e. The normalized spacial score (nSPS) is 17.8. The van der Waals surface area contributed by atoms with Gasteiger partial charge in [0, 0.05) is 36.5 Å². The molecule has 1 aliphatic rings. The molecule has 0 bridgehead atoms. The van der Waals surface area contributed by atoms with Crippen LogP contribution in [-0.2, 0) is 0 Å². The molecule has 4 rings (SSSR count). The van der Waals surface area contributed by atoms with Crippen molar-refractivity contribution in [1.82, 2.24) is 25.1 Å². The second-order valence-corrected chi connectivity index (χ2v) is 6.09. The highest BCUT2D eigenvalue weighted by molar-refractivity contribution is 5.98. The van der Waals surface area contributed by atoms with E-state index in [0.29, 0.717) is 23.9 Å². The number of rotatable bonds is 3. The van der Waals surface area contributed by atoms with Crippen molar-refractivity contribution in [3.05, 3.63) is 60.3 Å². The van der Waals surface area contributed by atoms with Crippen LogP contribution in [0.5, 0.6) is 0 Å². The second-order valence-electron chi connectivity index (χ2n) is 6.09. The molecule has 0 saturated carbocycles. The molecule has 1 fully saturated rings. The number of aromatic nitrogens is 4. The molecule has 2 aromatic heterocycles. The Morgan fingerprint density at radius 1 is 1.21 bits per heavy atom. The van der Waals surface area contributed by atoms with Crippen molar-refractivity contribution in [2.75, 3.05) is 13.1 Å². The number of likely N-dealkylation sites (tertiary alicyclic amines) is 1. The Balaban J connectivity index is 1.57. The molecule has 0 aliphatic carbocycles. The van der Waals surface area contributed by atoms with Crippen LogP contribution in [0.3, 0.4) is 0 Å². The molecule has 0 spiro atoms. The molecule has 1 aromatic carbocycles. The van der Waals surface area contributed by atoms with Gasteiger partial charge in [0.25, 0.3) is 5.91 Å². The first-order valence-corrected chi connectivity index (χ1v) is 8.20. The van der Waals surface area contributed by atoms with E-state index in [4.69, 9.17) is 0 Å². The quantitative estimate of drug-likeness (QED) is 0.778. The Kier molecular flexibility index (Phi) is 3.86. The summed E-state index contributed by atoms with van der Waals surface area (Å²) < 4.78 is 0. The largest absolute Gasteiger partial charge is 0.340 e. The summed E-state index contributed by atoms with van der Waals surface area (Å²) in [5.41, 5.74) is 3.32. The van der Waals surface area contributed by atoms with E-state index >= 15 is 0 Å². The molecule has 1 aliphatic heterocycles. The van der Waals surface area contributed by atoms with Crippen molar-refractivity contribution in [2.24, 2.45) is 0 Å². The van der Waals surface area contributed by atoms with E-state index in [0.717, 1.165) is 30.6 Å². The van der Waals surface area contributed by atoms with Gasteiger partial charge in [0.05, 0.1) is 6.33 Å². The van der Waals surface area contributed by atoms with Gasteiger partial charge < -0.3 is 9.88 Å². The van der Waals surface area contributed by atoms with Gasteiger partial charge >= 0.3 is 0 Å². The third-order valence-corrected chi connectivity index (χ3v) is 4.57. The highest BCUT2D eigenvalue weighted by Crippen LogP contribution is 2.28. The molecule has 0 radical (unpaired) electrons. The summed E-state index contributed by atoms with van der Waals surface area (Å²) in [6, 6.07) is 11.8. The van der Waals surface area contributed by atoms with Crippen molar-refractivity contribution in [3.63, 3.8) is 0 Å².